The Hall–Kier alpha value is -1.07. The maximum absolute atomic E-state index is 12.8. The number of fused-ring (bicyclic) bond motifs is 1. The Morgan fingerprint density at radius 3 is 2.57 bits per heavy atom. The van der Waals surface area contributed by atoms with Gasteiger partial charge in [-0.2, -0.15) is 0 Å². The molecule has 2 aliphatic rings. The van der Waals surface area contributed by atoms with Crippen molar-refractivity contribution < 1.29 is 9.53 Å². The molecular formula is C16H21BrN2O2. The molecule has 0 aliphatic carbocycles. The van der Waals surface area contributed by atoms with Crippen molar-refractivity contribution >= 4 is 21.8 Å². The lowest BCUT2D eigenvalue weighted by Gasteiger charge is -2.22. The van der Waals surface area contributed by atoms with Crippen LogP contribution in [-0.4, -0.2) is 44.1 Å². The van der Waals surface area contributed by atoms with Gasteiger partial charge in [0.25, 0.3) is 5.91 Å². The number of hydrogen-bond acceptors (Lipinski definition) is 3. The lowest BCUT2D eigenvalue weighted by molar-refractivity contribution is 0.0755. The maximum atomic E-state index is 12.8. The monoisotopic (exact) mass is 352 g/mol. The van der Waals surface area contributed by atoms with E-state index in [9.17, 15) is 4.79 Å². The average molecular weight is 353 g/mol. The minimum atomic E-state index is 0.0901. The fraction of sp³-hybridized carbons (Fsp3) is 0.562. The van der Waals surface area contributed by atoms with E-state index in [0.29, 0.717) is 11.3 Å². The van der Waals surface area contributed by atoms with Crippen LogP contribution in [0.3, 0.4) is 0 Å². The Balaban J connectivity index is 1.76. The number of methoxy groups -OCH3 is 1. The second kappa shape index (κ2) is 6.36. The van der Waals surface area contributed by atoms with Crippen LogP contribution in [0.2, 0.25) is 0 Å². The smallest absolute Gasteiger partial charge is 0.257 e. The number of benzene rings is 1. The molecule has 3 rings (SSSR count). The molecule has 0 spiro atoms. The largest absolute Gasteiger partial charge is 0.496 e. The molecule has 0 saturated carbocycles. The van der Waals surface area contributed by atoms with Gasteiger partial charge < -0.3 is 15.0 Å². The first-order valence-corrected chi connectivity index (χ1v) is 8.32. The molecule has 1 amide bonds. The topological polar surface area (TPSA) is 41.6 Å². The highest BCUT2D eigenvalue weighted by atomic mass is 79.9. The maximum Gasteiger partial charge on any atom is 0.257 e. The minimum absolute atomic E-state index is 0.0901. The SMILES string of the molecule is COc1cc(Br)ccc1C(=O)N1CC[C@@H]2CNC[C@@H]2CC1. The van der Waals surface area contributed by atoms with Crippen LogP contribution in [0.25, 0.3) is 0 Å². The fourth-order valence-corrected chi connectivity index (χ4v) is 3.77. The van der Waals surface area contributed by atoms with Gasteiger partial charge in [0, 0.05) is 17.6 Å². The highest BCUT2D eigenvalue weighted by Gasteiger charge is 2.32. The van der Waals surface area contributed by atoms with Gasteiger partial charge in [0.15, 0.2) is 0 Å². The Bertz CT molecular complexity index is 521. The molecule has 0 aromatic heterocycles. The second-order valence-corrected chi connectivity index (χ2v) is 6.81. The number of hydrogen-bond donors (Lipinski definition) is 1. The van der Waals surface area contributed by atoms with Crippen molar-refractivity contribution in [3.05, 3.63) is 28.2 Å². The average Bonchev–Trinajstić information content (AvgIpc) is 2.85. The number of likely N-dealkylation sites (tertiary alicyclic amines) is 1. The van der Waals surface area contributed by atoms with E-state index < -0.39 is 0 Å². The van der Waals surface area contributed by atoms with Crippen LogP contribution >= 0.6 is 15.9 Å². The molecule has 0 radical (unpaired) electrons. The van der Waals surface area contributed by atoms with Crippen molar-refractivity contribution in [3.63, 3.8) is 0 Å². The molecular weight excluding hydrogens is 332 g/mol. The van der Waals surface area contributed by atoms with Gasteiger partial charge in [-0.15, -0.1) is 0 Å². The molecule has 2 atom stereocenters. The standard InChI is InChI=1S/C16H21BrN2O2/c1-21-15-8-13(17)2-3-14(15)16(20)19-6-4-11-9-18-10-12(11)5-7-19/h2-3,8,11-12,18H,4-7,9-10H2,1H3/t11-,12+. The van der Waals surface area contributed by atoms with E-state index in [1.807, 2.05) is 23.1 Å². The predicted molar refractivity (Wildman–Crippen MR) is 85.7 cm³/mol. The Morgan fingerprint density at radius 1 is 1.29 bits per heavy atom. The first-order chi connectivity index (χ1) is 10.2. The molecule has 5 heteroatoms. The van der Waals surface area contributed by atoms with Crippen molar-refractivity contribution in [1.82, 2.24) is 10.2 Å². The van der Waals surface area contributed by atoms with E-state index in [1.165, 1.54) is 0 Å². The van der Waals surface area contributed by atoms with Gasteiger partial charge in [0.1, 0.15) is 5.75 Å². The molecule has 4 nitrogen and oxygen atoms in total. The summed E-state index contributed by atoms with van der Waals surface area (Å²) in [4.78, 5) is 14.8. The molecule has 0 unspecified atom stereocenters. The van der Waals surface area contributed by atoms with Crippen LogP contribution in [0.1, 0.15) is 23.2 Å². The van der Waals surface area contributed by atoms with Gasteiger partial charge in [-0.3, -0.25) is 4.79 Å². The molecule has 1 N–H and O–H groups in total. The summed E-state index contributed by atoms with van der Waals surface area (Å²) in [6, 6.07) is 5.59. The number of rotatable bonds is 2. The fourth-order valence-electron chi connectivity index (χ4n) is 3.43. The summed E-state index contributed by atoms with van der Waals surface area (Å²) < 4.78 is 6.28. The third kappa shape index (κ3) is 3.09. The summed E-state index contributed by atoms with van der Waals surface area (Å²) in [5.74, 6) is 2.19. The quantitative estimate of drug-likeness (QED) is 0.889. The zero-order valence-corrected chi connectivity index (χ0v) is 13.9. The van der Waals surface area contributed by atoms with Gasteiger partial charge in [0.2, 0.25) is 0 Å². The summed E-state index contributed by atoms with van der Waals surface area (Å²) in [7, 11) is 1.61. The van der Waals surface area contributed by atoms with Crippen LogP contribution in [0.5, 0.6) is 5.75 Å². The Morgan fingerprint density at radius 2 is 1.95 bits per heavy atom. The van der Waals surface area contributed by atoms with Crippen LogP contribution in [0, 0.1) is 11.8 Å². The molecule has 1 aromatic carbocycles. The van der Waals surface area contributed by atoms with Crippen LogP contribution in [0.15, 0.2) is 22.7 Å². The highest BCUT2D eigenvalue weighted by molar-refractivity contribution is 9.10. The van der Waals surface area contributed by atoms with Crippen molar-refractivity contribution in [3.8, 4) is 5.75 Å². The van der Waals surface area contributed by atoms with Gasteiger partial charge in [0.05, 0.1) is 12.7 Å². The third-order valence-corrected chi connectivity index (χ3v) is 5.19. The summed E-state index contributed by atoms with van der Waals surface area (Å²) in [5, 5.41) is 3.46. The zero-order valence-electron chi connectivity index (χ0n) is 12.3. The van der Waals surface area contributed by atoms with E-state index in [-0.39, 0.29) is 5.91 Å². The van der Waals surface area contributed by atoms with Gasteiger partial charge >= 0.3 is 0 Å². The van der Waals surface area contributed by atoms with Crippen molar-refractivity contribution in [2.75, 3.05) is 33.3 Å². The van der Waals surface area contributed by atoms with E-state index in [2.05, 4.69) is 21.2 Å². The summed E-state index contributed by atoms with van der Waals surface area (Å²) in [6.45, 7) is 3.91. The number of carbonyl (C=O) groups is 1. The van der Waals surface area contributed by atoms with Crippen molar-refractivity contribution in [1.29, 1.82) is 0 Å². The van der Waals surface area contributed by atoms with Gasteiger partial charge in [-0.25, -0.2) is 0 Å². The highest BCUT2D eigenvalue weighted by Crippen LogP contribution is 2.29. The summed E-state index contributed by atoms with van der Waals surface area (Å²) in [6.07, 6.45) is 2.20. The van der Waals surface area contributed by atoms with Crippen molar-refractivity contribution in [2.24, 2.45) is 11.8 Å². The van der Waals surface area contributed by atoms with Gasteiger partial charge in [-0.1, -0.05) is 15.9 Å². The summed E-state index contributed by atoms with van der Waals surface area (Å²) >= 11 is 3.42. The first-order valence-electron chi connectivity index (χ1n) is 7.52. The second-order valence-electron chi connectivity index (χ2n) is 5.89. The Labute approximate surface area is 134 Å². The van der Waals surface area contributed by atoms with Crippen LogP contribution in [0.4, 0.5) is 0 Å². The molecule has 0 bridgehead atoms. The van der Waals surface area contributed by atoms with E-state index in [4.69, 9.17) is 4.74 Å². The molecule has 2 fully saturated rings. The molecule has 1 aromatic rings. The van der Waals surface area contributed by atoms with E-state index in [1.54, 1.807) is 7.11 Å². The lowest BCUT2D eigenvalue weighted by Crippen LogP contribution is -2.33. The normalized spacial score (nSPS) is 25.3. The number of halogens is 1. The Kier molecular flexibility index (Phi) is 4.50. The molecule has 2 saturated heterocycles. The molecule has 2 aliphatic heterocycles. The summed E-state index contributed by atoms with van der Waals surface area (Å²) in [5.41, 5.74) is 0.658. The van der Waals surface area contributed by atoms with Crippen LogP contribution in [-0.2, 0) is 0 Å². The van der Waals surface area contributed by atoms with E-state index in [0.717, 1.165) is 55.3 Å². The van der Waals surface area contributed by atoms with E-state index >= 15 is 0 Å². The zero-order chi connectivity index (χ0) is 14.8. The molecule has 21 heavy (non-hydrogen) atoms. The van der Waals surface area contributed by atoms with Gasteiger partial charge in [-0.05, 0) is 56.0 Å². The molecule has 2 heterocycles. The lowest BCUT2D eigenvalue weighted by atomic mass is 9.92. The number of nitrogens with zero attached hydrogens (tertiary/aromatic N) is 1. The number of amides is 1. The third-order valence-electron chi connectivity index (χ3n) is 4.70. The number of carbonyl (C=O) groups excluding carboxylic acids is 1. The predicted octanol–water partition coefficient (Wildman–Crippen LogP) is 2.53. The molecule has 114 valence electrons. The van der Waals surface area contributed by atoms with Crippen LogP contribution < -0.4 is 10.1 Å². The number of ether oxygens (including phenoxy) is 1. The van der Waals surface area contributed by atoms with Crippen molar-refractivity contribution in [2.45, 2.75) is 12.8 Å². The number of nitrogens with one attached hydrogen (secondary N) is 1. The minimum Gasteiger partial charge on any atom is -0.496 e. The first kappa shape index (κ1) is 14.9.